The van der Waals surface area contributed by atoms with Crippen LogP contribution in [0.3, 0.4) is 0 Å². The van der Waals surface area contributed by atoms with Crippen LogP contribution in [0.1, 0.15) is 6.92 Å². The number of alkyl halides is 5. The van der Waals surface area contributed by atoms with Crippen molar-refractivity contribution in [1.82, 2.24) is 0 Å². The van der Waals surface area contributed by atoms with Crippen LogP contribution in [0, 0.1) is 5.92 Å². The Hall–Kier alpha value is -0.390. The average Bonchev–Trinajstić information content (AvgIpc) is 1.56. The van der Waals surface area contributed by atoms with Gasteiger partial charge in [-0.2, -0.15) is 13.2 Å². The molecular weight excluding hydrogens is 169 g/mol. The number of rotatable bonds is 2. The first kappa shape index (κ1) is 10.6. The molecule has 0 rings (SSSR count). The second-order valence-corrected chi connectivity index (χ2v) is 2.29. The molecule has 0 amide bonds. The number of hydrogen-bond acceptors (Lipinski definition) is 1. The second kappa shape index (κ2) is 2.92. The molecule has 0 saturated heterocycles. The van der Waals surface area contributed by atoms with Crippen molar-refractivity contribution in [1.29, 1.82) is 0 Å². The Bertz CT molecular complexity index is 110. The zero-order valence-electron chi connectivity index (χ0n) is 5.75. The molecule has 0 radical (unpaired) electrons. The second-order valence-electron chi connectivity index (χ2n) is 2.29. The monoisotopic (exact) mass is 177 g/mol. The van der Waals surface area contributed by atoms with Gasteiger partial charge in [-0.1, -0.05) is 0 Å². The van der Waals surface area contributed by atoms with Crippen LogP contribution in [-0.2, 0) is 0 Å². The van der Waals surface area contributed by atoms with Gasteiger partial charge in [-0.15, -0.1) is 0 Å². The molecule has 0 saturated carbocycles. The molecule has 0 bridgehead atoms. The predicted molar refractivity (Wildman–Crippen MR) is 29.2 cm³/mol. The summed E-state index contributed by atoms with van der Waals surface area (Å²) in [4.78, 5) is 0. The van der Waals surface area contributed by atoms with E-state index >= 15 is 0 Å². The van der Waals surface area contributed by atoms with Crippen molar-refractivity contribution >= 4 is 0 Å². The summed E-state index contributed by atoms with van der Waals surface area (Å²) >= 11 is 0. The topological polar surface area (TPSA) is 26.0 Å². The molecule has 0 aliphatic heterocycles. The normalized spacial score (nSPS) is 16.6. The molecule has 0 aromatic carbocycles. The first-order chi connectivity index (χ1) is 4.69. The van der Waals surface area contributed by atoms with Crippen molar-refractivity contribution in [3.05, 3.63) is 0 Å². The van der Waals surface area contributed by atoms with Crippen LogP contribution in [0.5, 0.6) is 0 Å². The van der Waals surface area contributed by atoms with E-state index in [0.29, 0.717) is 0 Å². The standard InChI is InChI=1S/C5H8F5N/c1-4(6,7)3(2-11)5(8,9)10/h3H,2,11H2,1H3. The third kappa shape index (κ3) is 3.00. The molecule has 0 fully saturated rings. The van der Waals surface area contributed by atoms with Crippen LogP contribution in [0.15, 0.2) is 0 Å². The van der Waals surface area contributed by atoms with Crippen molar-refractivity contribution in [2.45, 2.75) is 19.0 Å². The molecule has 0 aliphatic carbocycles. The van der Waals surface area contributed by atoms with Crippen LogP contribution in [0.2, 0.25) is 0 Å². The molecule has 0 heterocycles. The van der Waals surface area contributed by atoms with Gasteiger partial charge in [0.15, 0.2) is 0 Å². The summed E-state index contributed by atoms with van der Waals surface area (Å²) in [7, 11) is 0. The lowest BCUT2D eigenvalue weighted by molar-refractivity contribution is -0.231. The van der Waals surface area contributed by atoms with Gasteiger partial charge in [-0.05, 0) is 0 Å². The molecule has 6 heteroatoms. The van der Waals surface area contributed by atoms with E-state index in [2.05, 4.69) is 5.73 Å². The third-order valence-corrected chi connectivity index (χ3v) is 1.24. The van der Waals surface area contributed by atoms with Gasteiger partial charge in [0.1, 0.15) is 5.92 Å². The summed E-state index contributed by atoms with van der Waals surface area (Å²) in [6, 6.07) is 0. The fourth-order valence-electron chi connectivity index (χ4n) is 0.628. The van der Waals surface area contributed by atoms with Crippen molar-refractivity contribution in [2.24, 2.45) is 11.7 Å². The SMILES string of the molecule is CC(F)(F)C(CN)C(F)(F)F. The Kier molecular flexibility index (Phi) is 2.82. The van der Waals surface area contributed by atoms with Crippen LogP contribution >= 0.6 is 0 Å². The minimum Gasteiger partial charge on any atom is -0.330 e. The van der Waals surface area contributed by atoms with Gasteiger partial charge in [0.05, 0.1) is 0 Å². The minimum absolute atomic E-state index is 0.206. The smallest absolute Gasteiger partial charge is 0.330 e. The fraction of sp³-hybridized carbons (Fsp3) is 1.00. The molecule has 1 unspecified atom stereocenters. The minimum atomic E-state index is -4.92. The van der Waals surface area contributed by atoms with E-state index in [4.69, 9.17) is 0 Å². The highest BCUT2D eigenvalue weighted by Crippen LogP contribution is 2.36. The molecule has 11 heavy (non-hydrogen) atoms. The maximum absolute atomic E-state index is 12.1. The molecule has 1 atom stereocenters. The van der Waals surface area contributed by atoms with Crippen molar-refractivity contribution < 1.29 is 22.0 Å². The summed E-state index contributed by atoms with van der Waals surface area (Å²) in [5.74, 6) is -6.54. The van der Waals surface area contributed by atoms with E-state index in [-0.39, 0.29) is 6.92 Å². The van der Waals surface area contributed by atoms with Gasteiger partial charge in [-0.25, -0.2) is 8.78 Å². The Morgan fingerprint density at radius 2 is 1.55 bits per heavy atom. The van der Waals surface area contributed by atoms with Crippen LogP contribution in [0.25, 0.3) is 0 Å². The van der Waals surface area contributed by atoms with Crippen LogP contribution in [-0.4, -0.2) is 18.6 Å². The lowest BCUT2D eigenvalue weighted by Gasteiger charge is -2.23. The molecule has 0 aromatic rings. The van der Waals surface area contributed by atoms with Gasteiger partial charge in [0.2, 0.25) is 0 Å². The summed E-state index contributed by atoms with van der Waals surface area (Å²) in [6.07, 6.45) is -4.92. The molecule has 2 N–H and O–H groups in total. The van der Waals surface area contributed by atoms with Crippen molar-refractivity contribution in [2.75, 3.05) is 6.54 Å². The quantitative estimate of drug-likeness (QED) is 0.639. The van der Waals surface area contributed by atoms with Gasteiger partial charge < -0.3 is 5.73 Å². The predicted octanol–water partition coefficient (Wildman–Crippen LogP) is 1.78. The zero-order chi connectivity index (χ0) is 9.28. The van der Waals surface area contributed by atoms with Gasteiger partial charge in [0.25, 0.3) is 5.92 Å². The van der Waals surface area contributed by atoms with Gasteiger partial charge >= 0.3 is 6.18 Å². The number of hydrogen-bond donors (Lipinski definition) is 1. The first-order valence-corrected chi connectivity index (χ1v) is 2.84. The summed E-state index contributed by atoms with van der Waals surface area (Å²) in [5.41, 5.74) is 4.55. The summed E-state index contributed by atoms with van der Waals surface area (Å²) < 4.78 is 59.1. The largest absolute Gasteiger partial charge is 0.398 e. The highest BCUT2D eigenvalue weighted by molar-refractivity contribution is 4.79. The highest BCUT2D eigenvalue weighted by Gasteiger charge is 2.51. The van der Waals surface area contributed by atoms with E-state index in [1.54, 1.807) is 0 Å². The van der Waals surface area contributed by atoms with E-state index in [1.807, 2.05) is 0 Å². The summed E-state index contributed by atoms with van der Waals surface area (Å²) in [5, 5.41) is 0. The molecule has 68 valence electrons. The Labute approximate surface area is 60.4 Å². The molecule has 0 aromatic heterocycles. The van der Waals surface area contributed by atoms with Crippen LogP contribution in [0.4, 0.5) is 22.0 Å². The van der Waals surface area contributed by atoms with E-state index in [9.17, 15) is 22.0 Å². The van der Waals surface area contributed by atoms with E-state index in [1.165, 1.54) is 0 Å². The Morgan fingerprint density at radius 3 is 1.55 bits per heavy atom. The van der Waals surface area contributed by atoms with Crippen LogP contribution < -0.4 is 5.73 Å². The average molecular weight is 177 g/mol. The number of halogens is 5. The van der Waals surface area contributed by atoms with Crippen molar-refractivity contribution in [3.8, 4) is 0 Å². The zero-order valence-corrected chi connectivity index (χ0v) is 5.75. The lowest BCUT2D eigenvalue weighted by atomic mass is 10.0. The molecule has 1 nitrogen and oxygen atoms in total. The maximum atomic E-state index is 12.1. The van der Waals surface area contributed by atoms with Gasteiger partial charge in [-0.3, -0.25) is 0 Å². The van der Waals surface area contributed by atoms with Gasteiger partial charge in [0, 0.05) is 13.5 Å². The molecular formula is C5H8F5N. The number of nitrogens with two attached hydrogens (primary N) is 1. The molecule has 0 aliphatic rings. The fourth-order valence-corrected chi connectivity index (χ4v) is 0.628. The van der Waals surface area contributed by atoms with E-state index < -0.39 is 24.6 Å². The third-order valence-electron chi connectivity index (χ3n) is 1.24. The highest BCUT2D eigenvalue weighted by atomic mass is 19.4. The maximum Gasteiger partial charge on any atom is 0.398 e. The lowest BCUT2D eigenvalue weighted by Crippen LogP contribution is -2.42. The first-order valence-electron chi connectivity index (χ1n) is 2.84. The summed E-state index contributed by atoms with van der Waals surface area (Å²) in [6.45, 7) is -0.884. The Balaban J connectivity index is 4.43. The van der Waals surface area contributed by atoms with E-state index in [0.717, 1.165) is 0 Å². The Morgan fingerprint density at radius 1 is 1.18 bits per heavy atom. The van der Waals surface area contributed by atoms with Crippen molar-refractivity contribution in [3.63, 3.8) is 0 Å². The molecule has 0 spiro atoms.